The fourth-order valence-corrected chi connectivity index (χ4v) is 265. The quantitative estimate of drug-likeness (QED) is 0.0352. The summed E-state index contributed by atoms with van der Waals surface area (Å²) in [4.78, 5) is 0. The van der Waals surface area contributed by atoms with Gasteiger partial charge < -0.3 is 4.18 Å². The fraction of sp³-hybridized carbons (Fsp3) is 1.00. The van der Waals surface area contributed by atoms with Gasteiger partial charge in [-0.25, -0.2) is 0 Å². The number of rotatable bonds is 97. The molecular formula is C2H6OS99. The van der Waals surface area contributed by atoms with Crippen molar-refractivity contribution in [1.29, 1.82) is 0 Å². The van der Waals surface area contributed by atoms with E-state index in [2.05, 4.69) is 11.7 Å². The monoisotopic (exact) mass is 3210 g/mol. The lowest BCUT2D eigenvalue weighted by Gasteiger charge is -2.06. The Morgan fingerprint density at radius 3 is 0.314 bits per heavy atom. The third kappa shape index (κ3) is 130. The molecule has 0 aliphatic carbocycles. The van der Waals surface area contributed by atoms with E-state index in [0.29, 0.717) is 6.61 Å². The summed E-state index contributed by atoms with van der Waals surface area (Å²) < 4.78 is 5.42. The maximum Gasteiger partial charge on any atom is 0.0820 e. The molecule has 0 atom stereocenters. The highest BCUT2D eigenvalue weighted by atomic mass is 34.2. The van der Waals surface area contributed by atoms with Gasteiger partial charge in [0.2, 0.25) is 0 Å². The summed E-state index contributed by atoms with van der Waals surface area (Å²) in [5.74, 6) is 0. The first kappa shape index (κ1) is 136. The Morgan fingerprint density at radius 1 is 0.157 bits per heavy atom. The zero-order chi connectivity index (χ0) is 73.1. The Kier molecular flexibility index (Phi) is 173. The second-order valence-corrected chi connectivity index (χ2v) is 183. The second-order valence-electron chi connectivity index (χ2n) is 7.29. The SMILES string of the molecule is CCOS(=S)(=S)SSSSSSSSSSSSSSSSSSSSSSSSSSSSSSSSSSSSSSSSSSSSSSSSSSSSSSSSSSSSSSSSSSSSSSSSSSSSSSSSSSSSSSSSSSSSSSSS. The molecule has 0 N–H and O–H groups in total. The van der Waals surface area contributed by atoms with Gasteiger partial charge in [-0.2, -0.15) is 0 Å². The van der Waals surface area contributed by atoms with Gasteiger partial charge in [0.05, 0.1) is 13.1 Å². The Bertz CT molecular complexity index is 1520. The van der Waals surface area contributed by atoms with Crippen LogP contribution in [0.2, 0.25) is 0 Å². The minimum absolute atomic E-state index is 0.578. The molecule has 0 aliphatic heterocycles. The molecule has 614 valence electrons. The van der Waals surface area contributed by atoms with Crippen LogP contribution in [0.4, 0.5) is 0 Å². The van der Waals surface area contributed by atoms with Crippen molar-refractivity contribution in [2.45, 2.75) is 6.92 Å². The normalized spacial score (nSPS) is 12.0. The molecule has 0 amide bonds. The van der Waals surface area contributed by atoms with E-state index in [0.717, 1.165) is 0 Å². The van der Waals surface area contributed by atoms with Crippen LogP contribution in [0.1, 0.15) is 6.92 Å². The molecule has 0 heterocycles. The van der Waals surface area contributed by atoms with Gasteiger partial charge in [0.1, 0.15) is 0 Å². The molecule has 0 bridgehead atoms. The van der Waals surface area contributed by atoms with Crippen molar-refractivity contribution in [2.75, 3.05) is 6.61 Å². The summed E-state index contributed by atoms with van der Waals surface area (Å²) >= 11 is 14.7. The van der Waals surface area contributed by atoms with E-state index < -0.39 is 6.46 Å². The maximum atomic E-state index is 5.42. The molecule has 0 radical (unpaired) electrons. The number of hydrogen-bond donors (Lipinski definition) is 1. The van der Waals surface area contributed by atoms with Crippen LogP contribution >= 0.6 is 945 Å². The molecule has 0 spiro atoms. The van der Waals surface area contributed by atoms with Crippen LogP contribution in [-0.4, -0.2) is 6.61 Å². The largest absolute Gasteiger partial charge is 0.302 e. The summed E-state index contributed by atoms with van der Waals surface area (Å²) in [6, 6.07) is 0. The Labute approximate surface area is 963 Å². The van der Waals surface area contributed by atoms with Crippen LogP contribution in [0, 0.1) is 0 Å². The molecule has 100 heteroatoms. The van der Waals surface area contributed by atoms with Gasteiger partial charge in [-0.1, -0.05) is 11.7 Å². The molecule has 1 nitrogen and oxygen atoms in total. The summed E-state index contributed by atoms with van der Waals surface area (Å²) in [7, 11) is 172. The topological polar surface area (TPSA) is 9.23 Å². The van der Waals surface area contributed by atoms with E-state index in [4.69, 9.17) is 26.6 Å². The predicted octanol–water partition coefficient (Wildman–Crippen LogP) is 62.4. The van der Waals surface area contributed by atoms with Crippen molar-refractivity contribution in [3.05, 3.63) is 0 Å². The van der Waals surface area contributed by atoms with Gasteiger partial charge in [0.15, 0.2) is 0 Å². The third-order valence-electron chi connectivity index (χ3n) is 2.96. The van der Waals surface area contributed by atoms with Crippen molar-refractivity contribution < 1.29 is 4.18 Å². The van der Waals surface area contributed by atoms with Gasteiger partial charge in [-0.15, -0.1) is 0 Å². The number of hydrogen-bond acceptors (Lipinski definition) is 99. The summed E-state index contributed by atoms with van der Waals surface area (Å²) in [5, 5.41) is 0. The van der Waals surface area contributed by atoms with Crippen molar-refractivity contribution >= 4 is 974 Å². The Hall–Kier alpha value is 34.4. The van der Waals surface area contributed by atoms with Gasteiger partial charge >= 0.3 is 0 Å². The summed E-state index contributed by atoms with van der Waals surface area (Å²) in [6.45, 7) is 0.687. The maximum absolute atomic E-state index is 5.42. The first-order valence-corrected chi connectivity index (χ1v) is 149. The van der Waals surface area contributed by atoms with E-state index in [-0.39, 0.29) is 0 Å². The van der Waals surface area contributed by atoms with Crippen LogP contribution in [0.5, 0.6) is 0 Å². The van der Waals surface area contributed by atoms with Crippen LogP contribution < -0.4 is 0 Å². The van der Waals surface area contributed by atoms with E-state index in [9.17, 15) is 0 Å². The van der Waals surface area contributed by atoms with Crippen molar-refractivity contribution in [1.82, 2.24) is 0 Å². The zero-order valence-electron chi connectivity index (χ0n) is 42.6. The van der Waals surface area contributed by atoms with Gasteiger partial charge in [-0.05, 0) is 108 Å². The zero-order valence-corrected chi connectivity index (χ0v) is 123. The van der Waals surface area contributed by atoms with Gasteiger partial charge in [-0.3, -0.25) is 0 Å². The molecule has 0 saturated heterocycles. The van der Waals surface area contributed by atoms with Crippen LogP contribution in [-0.2, 0) is 33.0 Å². The summed E-state index contributed by atoms with van der Waals surface area (Å²) in [5.41, 5.74) is 0. The molecule has 0 saturated carbocycles. The van der Waals surface area contributed by atoms with E-state index >= 15 is 0 Å². The molecule has 0 fully saturated rings. The standard InChI is InChI=1S/C2H6OS99/c1-2-3-102(5,6)101-100-99-98-97-96-95-94-93-92-91-90-89-88-87-86-85-84-83-82-81-80-79-78-77-76-75-74-73-72-71-70-69-68-67-66-65-64-63-62-61-60-59-58-57-56-55-54-53-52-51-50-49-48-47-46-45-44-43-42-41-40-39-38-37-36-35-34-33-32-31-30-29-28-27-26-25-24-23-22-21-20-19-18-17-16-15-14-13-12-11-10-9-8-7-4/h4H,2H2,1H3. The highest BCUT2D eigenvalue weighted by Crippen LogP contribution is 2.74. The third-order valence-corrected chi connectivity index (χ3v) is 219. The molecule has 0 unspecified atom stereocenters. The lowest BCUT2D eigenvalue weighted by molar-refractivity contribution is 0.402. The number of thiol groups is 1. The average Bonchev–Trinajstić information content (AvgIpc) is 1.22. The van der Waals surface area contributed by atoms with Crippen molar-refractivity contribution in [3.63, 3.8) is 0 Å². The highest BCUT2D eigenvalue weighted by molar-refractivity contribution is 9.68. The predicted molar refractivity (Wildman–Crippen MR) is 764 cm³/mol. The van der Waals surface area contributed by atoms with Gasteiger partial charge in [0, 0.05) is 855 Å². The molecular weight excluding hydrogens is 3210 g/mol. The van der Waals surface area contributed by atoms with Crippen LogP contribution in [0.15, 0.2) is 0 Å². The first-order valence-electron chi connectivity index (χ1n) is 17.5. The molecule has 0 aromatic carbocycles. The van der Waals surface area contributed by atoms with Crippen LogP contribution in [0.25, 0.3) is 0 Å². The lowest BCUT2D eigenvalue weighted by atomic mass is 10.9. The van der Waals surface area contributed by atoms with Gasteiger partial charge in [0.25, 0.3) is 0 Å². The molecule has 0 aliphatic rings. The lowest BCUT2D eigenvalue weighted by Crippen LogP contribution is -1.93. The Balaban J connectivity index is 3.10. The summed E-state index contributed by atoms with van der Waals surface area (Å²) in [6.07, 6.45) is 0. The molecule has 0 aromatic rings. The first-order chi connectivity index (χ1) is 50.6. The molecule has 0 rings (SSSR count). The smallest absolute Gasteiger partial charge is 0.0820 e. The molecule has 0 aromatic heterocycles. The fourth-order valence-electron chi connectivity index (χ4n) is 1.25. The highest BCUT2D eigenvalue weighted by Gasteiger charge is 2.10. The van der Waals surface area contributed by atoms with Crippen LogP contribution in [0.3, 0.4) is 0 Å². The van der Waals surface area contributed by atoms with E-state index in [1.54, 1.807) is 138 Å². The second kappa shape index (κ2) is 130. The van der Waals surface area contributed by atoms with E-state index in [1.807, 2.05) is 783 Å². The minimum atomic E-state index is -1.82. The Morgan fingerprint density at radius 2 is 0.235 bits per heavy atom. The van der Waals surface area contributed by atoms with Crippen molar-refractivity contribution in [3.8, 4) is 0 Å². The average molecular weight is 3220 g/mol. The minimum Gasteiger partial charge on any atom is -0.302 e. The van der Waals surface area contributed by atoms with Crippen molar-refractivity contribution in [2.24, 2.45) is 0 Å². The molecule has 102 heavy (non-hydrogen) atoms. The van der Waals surface area contributed by atoms with E-state index in [1.165, 1.54) is 19.7 Å².